The number of nitrogens with one attached hydrogen (secondary N) is 1. The quantitative estimate of drug-likeness (QED) is 0.751. The summed E-state index contributed by atoms with van der Waals surface area (Å²) >= 11 is 1.64. The third kappa shape index (κ3) is 3.00. The van der Waals surface area contributed by atoms with Gasteiger partial charge in [0.15, 0.2) is 0 Å². The van der Waals surface area contributed by atoms with E-state index in [9.17, 15) is 0 Å². The number of rotatable bonds is 6. The van der Waals surface area contributed by atoms with E-state index in [1.807, 2.05) is 13.1 Å². The molecule has 0 radical (unpaired) electrons. The fourth-order valence-electron chi connectivity index (χ4n) is 2.18. The molecule has 3 rings (SSSR count). The zero-order valence-corrected chi connectivity index (χ0v) is 13.0. The van der Waals surface area contributed by atoms with E-state index < -0.39 is 0 Å². The molecule has 0 bridgehead atoms. The Balaban J connectivity index is 1.93. The van der Waals surface area contributed by atoms with Crippen LogP contribution >= 0.6 is 11.3 Å². The van der Waals surface area contributed by atoms with Crippen molar-refractivity contribution in [3.8, 4) is 0 Å². The van der Waals surface area contributed by atoms with Crippen LogP contribution in [0.1, 0.15) is 18.9 Å². The number of thiophene rings is 1. The zero-order chi connectivity index (χ0) is 14.7. The molecule has 21 heavy (non-hydrogen) atoms. The summed E-state index contributed by atoms with van der Waals surface area (Å²) < 4.78 is 5.13. The molecule has 0 fully saturated rings. The lowest BCUT2D eigenvalue weighted by Crippen LogP contribution is -2.18. The molecule has 0 atom stereocenters. The molecular weight excluding hydrogens is 284 g/mol. The third-order valence-corrected chi connectivity index (χ3v) is 4.01. The summed E-state index contributed by atoms with van der Waals surface area (Å²) in [4.78, 5) is 12.4. The van der Waals surface area contributed by atoms with Gasteiger partial charge in [-0.2, -0.15) is 4.98 Å². The predicted molar refractivity (Wildman–Crippen MR) is 87.0 cm³/mol. The number of fused-ring (bicyclic) bond motifs is 1. The summed E-state index contributed by atoms with van der Waals surface area (Å²) in [5.74, 6) is 1.64. The minimum absolute atomic E-state index is 0.695. The van der Waals surface area contributed by atoms with Gasteiger partial charge >= 0.3 is 0 Å². The van der Waals surface area contributed by atoms with E-state index in [2.05, 4.69) is 38.6 Å². The van der Waals surface area contributed by atoms with Crippen molar-refractivity contribution in [3.05, 3.63) is 35.6 Å². The molecule has 0 aromatic carbocycles. The molecule has 110 valence electrons. The minimum Gasteiger partial charge on any atom is -0.472 e. The van der Waals surface area contributed by atoms with Gasteiger partial charge in [0.25, 0.3) is 0 Å². The molecule has 0 aliphatic rings. The molecule has 6 heteroatoms. The van der Waals surface area contributed by atoms with Crippen molar-refractivity contribution in [2.24, 2.45) is 0 Å². The lowest BCUT2D eigenvalue weighted by molar-refractivity contribution is 0.563. The van der Waals surface area contributed by atoms with Crippen molar-refractivity contribution in [1.82, 2.24) is 9.97 Å². The number of hydrogen-bond donors (Lipinski definition) is 1. The standard InChI is InChI=1S/C15H18N4OS/c1-3-6-16-15-17-13(12-5-8-21-14(12)18-15)19(2)9-11-4-7-20-10-11/h4-5,7-8,10H,3,6,9H2,1-2H3,(H,16,17,18). The van der Waals surface area contributed by atoms with Crippen LogP contribution in [0.4, 0.5) is 11.8 Å². The molecular formula is C15H18N4OS. The van der Waals surface area contributed by atoms with Gasteiger partial charge in [-0.25, -0.2) is 4.98 Å². The summed E-state index contributed by atoms with van der Waals surface area (Å²) in [6, 6.07) is 4.05. The average molecular weight is 302 g/mol. The summed E-state index contributed by atoms with van der Waals surface area (Å²) in [7, 11) is 2.04. The van der Waals surface area contributed by atoms with Gasteiger partial charge in [-0.1, -0.05) is 6.92 Å². The Kier molecular flexibility index (Phi) is 4.06. The first-order valence-corrected chi connectivity index (χ1v) is 7.87. The molecule has 0 aliphatic carbocycles. The molecule has 0 saturated heterocycles. The molecule has 0 amide bonds. The first kappa shape index (κ1) is 13.9. The van der Waals surface area contributed by atoms with Gasteiger partial charge in [0.1, 0.15) is 10.6 Å². The molecule has 3 aromatic heterocycles. The van der Waals surface area contributed by atoms with Crippen LogP contribution < -0.4 is 10.2 Å². The van der Waals surface area contributed by atoms with Gasteiger partial charge in [0.05, 0.1) is 17.9 Å². The lowest BCUT2D eigenvalue weighted by atomic mass is 10.3. The van der Waals surface area contributed by atoms with E-state index >= 15 is 0 Å². The highest BCUT2D eigenvalue weighted by atomic mass is 32.1. The van der Waals surface area contributed by atoms with E-state index in [-0.39, 0.29) is 0 Å². The van der Waals surface area contributed by atoms with Crippen molar-refractivity contribution in [2.75, 3.05) is 23.8 Å². The van der Waals surface area contributed by atoms with E-state index in [4.69, 9.17) is 4.42 Å². The van der Waals surface area contributed by atoms with Gasteiger partial charge in [0.2, 0.25) is 5.95 Å². The van der Waals surface area contributed by atoms with Crippen LogP contribution in [0, 0.1) is 0 Å². The first-order valence-electron chi connectivity index (χ1n) is 6.99. The molecule has 0 spiro atoms. The minimum atomic E-state index is 0.695. The fourth-order valence-corrected chi connectivity index (χ4v) is 2.94. The number of hydrogen-bond acceptors (Lipinski definition) is 6. The Morgan fingerprint density at radius 2 is 2.24 bits per heavy atom. The Morgan fingerprint density at radius 1 is 1.33 bits per heavy atom. The van der Waals surface area contributed by atoms with E-state index in [1.54, 1.807) is 23.9 Å². The van der Waals surface area contributed by atoms with Crippen LogP contribution in [0.5, 0.6) is 0 Å². The second-order valence-electron chi connectivity index (χ2n) is 4.92. The second kappa shape index (κ2) is 6.13. The molecule has 3 aromatic rings. The first-order chi connectivity index (χ1) is 10.3. The zero-order valence-electron chi connectivity index (χ0n) is 12.2. The van der Waals surface area contributed by atoms with Gasteiger partial charge in [-0.15, -0.1) is 11.3 Å². The van der Waals surface area contributed by atoms with E-state index in [0.717, 1.165) is 41.1 Å². The summed E-state index contributed by atoms with van der Waals surface area (Å²) in [6.45, 7) is 3.76. The fraction of sp³-hybridized carbons (Fsp3) is 0.333. The van der Waals surface area contributed by atoms with Crippen molar-refractivity contribution in [2.45, 2.75) is 19.9 Å². The highest BCUT2D eigenvalue weighted by molar-refractivity contribution is 7.16. The van der Waals surface area contributed by atoms with Gasteiger partial charge < -0.3 is 14.6 Å². The molecule has 0 aliphatic heterocycles. The molecule has 3 heterocycles. The highest BCUT2D eigenvalue weighted by Crippen LogP contribution is 2.29. The van der Waals surface area contributed by atoms with Crippen molar-refractivity contribution in [1.29, 1.82) is 0 Å². The summed E-state index contributed by atoms with van der Waals surface area (Å²) in [5, 5.41) is 6.41. The lowest BCUT2D eigenvalue weighted by Gasteiger charge is -2.19. The maximum atomic E-state index is 5.13. The summed E-state index contributed by atoms with van der Waals surface area (Å²) in [5.41, 5.74) is 1.13. The van der Waals surface area contributed by atoms with Gasteiger partial charge in [-0.3, -0.25) is 0 Å². The predicted octanol–water partition coefficient (Wildman–Crippen LogP) is 3.74. The van der Waals surface area contributed by atoms with Crippen LogP contribution in [0.2, 0.25) is 0 Å². The summed E-state index contributed by atoms with van der Waals surface area (Å²) in [6.07, 6.45) is 4.50. The number of anilines is 2. The number of nitrogens with zero attached hydrogens (tertiary/aromatic N) is 3. The number of furan rings is 1. The Bertz CT molecular complexity index is 708. The van der Waals surface area contributed by atoms with Crippen LogP contribution in [-0.2, 0) is 6.54 Å². The smallest absolute Gasteiger partial charge is 0.226 e. The SMILES string of the molecule is CCCNc1nc(N(C)Cc2ccoc2)c2ccsc2n1. The van der Waals surface area contributed by atoms with Crippen LogP contribution in [0.15, 0.2) is 34.5 Å². The monoisotopic (exact) mass is 302 g/mol. The highest BCUT2D eigenvalue weighted by Gasteiger charge is 2.13. The van der Waals surface area contributed by atoms with E-state index in [0.29, 0.717) is 5.95 Å². The molecule has 0 saturated carbocycles. The van der Waals surface area contributed by atoms with Crippen LogP contribution in [-0.4, -0.2) is 23.6 Å². The van der Waals surface area contributed by atoms with Crippen molar-refractivity contribution in [3.63, 3.8) is 0 Å². The molecule has 5 nitrogen and oxygen atoms in total. The normalized spacial score (nSPS) is 11.0. The Morgan fingerprint density at radius 3 is 3.00 bits per heavy atom. The third-order valence-electron chi connectivity index (χ3n) is 3.20. The second-order valence-corrected chi connectivity index (χ2v) is 5.82. The molecule has 1 N–H and O–H groups in total. The largest absolute Gasteiger partial charge is 0.472 e. The Labute approximate surface area is 127 Å². The topological polar surface area (TPSA) is 54.2 Å². The number of aromatic nitrogens is 2. The van der Waals surface area contributed by atoms with Crippen LogP contribution in [0.3, 0.4) is 0 Å². The van der Waals surface area contributed by atoms with Crippen molar-refractivity contribution >= 4 is 33.3 Å². The molecule has 0 unspecified atom stereocenters. The van der Waals surface area contributed by atoms with E-state index in [1.165, 1.54) is 0 Å². The average Bonchev–Trinajstić information content (AvgIpc) is 3.14. The maximum absolute atomic E-state index is 5.13. The van der Waals surface area contributed by atoms with Gasteiger partial charge in [0, 0.05) is 25.7 Å². The maximum Gasteiger partial charge on any atom is 0.226 e. The Hall–Kier alpha value is -2.08. The van der Waals surface area contributed by atoms with Crippen LogP contribution in [0.25, 0.3) is 10.2 Å². The van der Waals surface area contributed by atoms with Gasteiger partial charge in [-0.05, 0) is 23.9 Å². The van der Waals surface area contributed by atoms with Crippen molar-refractivity contribution < 1.29 is 4.42 Å².